The molecule has 9 heteroatoms. The number of aryl methyl sites for hydroxylation is 2. The average Bonchev–Trinajstić information content (AvgIpc) is 3.24. The Morgan fingerprint density at radius 1 is 0.970 bits per heavy atom. The molecule has 168 valence electrons. The van der Waals surface area contributed by atoms with E-state index in [1.807, 2.05) is 31.4 Å². The Hall–Kier alpha value is -3.56. The van der Waals surface area contributed by atoms with Gasteiger partial charge in [0, 0.05) is 22.2 Å². The van der Waals surface area contributed by atoms with Gasteiger partial charge >= 0.3 is 0 Å². The largest absolute Gasteiger partial charge is 0.298 e. The van der Waals surface area contributed by atoms with Crippen LogP contribution in [0.4, 0.5) is 15.2 Å². The third-order valence-electron chi connectivity index (χ3n) is 4.92. The minimum atomic E-state index is -3.87. The number of rotatable bonds is 6. The van der Waals surface area contributed by atoms with Gasteiger partial charge < -0.3 is 0 Å². The predicted octanol–water partition coefficient (Wildman–Crippen LogP) is 5.62. The lowest BCUT2D eigenvalue weighted by molar-refractivity contribution is 0.102. The van der Waals surface area contributed by atoms with E-state index in [1.54, 1.807) is 0 Å². The zero-order valence-corrected chi connectivity index (χ0v) is 19.4. The number of thiazole rings is 1. The third kappa shape index (κ3) is 5.27. The smallest absolute Gasteiger partial charge is 0.261 e. The van der Waals surface area contributed by atoms with E-state index in [0.717, 1.165) is 34.5 Å². The first-order chi connectivity index (χ1) is 15.7. The summed E-state index contributed by atoms with van der Waals surface area (Å²) in [5.41, 5.74) is 4.67. The minimum absolute atomic E-state index is 0.0610. The van der Waals surface area contributed by atoms with Crippen molar-refractivity contribution in [2.75, 3.05) is 10.0 Å². The van der Waals surface area contributed by atoms with Crippen molar-refractivity contribution in [3.8, 4) is 11.3 Å². The van der Waals surface area contributed by atoms with Gasteiger partial charge in [0.15, 0.2) is 5.13 Å². The summed E-state index contributed by atoms with van der Waals surface area (Å²) >= 11 is 1.33. The van der Waals surface area contributed by atoms with E-state index in [0.29, 0.717) is 10.7 Å². The maximum Gasteiger partial charge on any atom is 0.261 e. The summed E-state index contributed by atoms with van der Waals surface area (Å²) in [6.45, 7) is 4.03. The predicted molar refractivity (Wildman–Crippen MR) is 129 cm³/mol. The summed E-state index contributed by atoms with van der Waals surface area (Å²) in [7, 11) is -3.87. The Bertz CT molecular complexity index is 1410. The second-order valence-electron chi connectivity index (χ2n) is 7.45. The van der Waals surface area contributed by atoms with Gasteiger partial charge in [-0.1, -0.05) is 17.7 Å². The molecule has 33 heavy (non-hydrogen) atoms. The summed E-state index contributed by atoms with van der Waals surface area (Å²) < 4.78 is 40.3. The van der Waals surface area contributed by atoms with Gasteiger partial charge in [0.1, 0.15) is 5.82 Å². The zero-order valence-electron chi connectivity index (χ0n) is 17.8. The molecule has 1 heterocycles. The molecule has 3 aromatic carbocycles. The number of amides is 1. The molecular weight excluding hydrogens is 461 g/mol. The van der Waals surface area contributed by atoms with Gasteiger partial charge in [0.25, 0.3) is 15.9 Å². The SMILES string of the molecule is Cc1ccc(C)c(-c2csc(NC(=O)c3ccc(NS(=O)(=O)c4ccc(F)cc4)cc3)n2)c1. The van der Waals surface area contributed by atoms with Crippen LogP contribution in [0.5, 0.6) is 0 Å². The Morgan fingerprint density at radius 3 is 2.36 bits per heavy atom. The van der Waals surface area contributed by atoms with E-state index in [4.69, 9.17) is 0 Å². The number of anilines is 2. The number of hydrogen-bond acceptors (Lipinski definition) is 5. The summed E-state index contributed by atoms with van der Waals surface area (Å²) in [5.74, 6) is -0.879. The Balaban J connectivity index is 1.44. The molecule has 4 rings (SSSR count). The molecule has 2 N–H and O–H groups in total. The van der Waals surface area contributed by atoms with Crippen LogP contribution in [0.3, 0.4) is 0 Å². The van der Waals surface area contributed by atoms with Crippen LogP contribution >= 0.6 is 11.3 Å². The lowest BCUT2D eigenvalue weighted by atomic mass is 10.0. The highest BCUT2D eigenvalue weighted by Crippen LogP contribution is 2.28. The van der Waals surface area contributed by atoms with Gasteiger partial charge in [-0.15, -0.1) is 11.3 Å². The number of carbonyl (C=O) groups excluding carboxylic acids is 1. The van der Waals surface area contributed by atoms with E-state index in [2.05, 4.69) is 21.1 Å². The molecule has 4 aromatic rings. The van der Waals surface area contributed by atoms with Crippen LogP contribution in [0.1, 0.15) is 21.5 Å². The van der Waals surface area contributed by atoms with Crippen LogP contribution < -0.4 is 10.0 Å². The first-order valence-corrected chi connectivity index (χ1v) is 12.3. The molecule has 0 radical (unpaired) electrons. The maximum absolute atomic E-state index is 13.0. The van der Waals surface area contributed by atoms with Crippen molar-refractivity contribution in [2.45, 2.75) is 18.7 Å². The fraction of sp³-hybridized carbons (Fsp3) is 0.0833. The lowest BCUT2D eigenvalue weighted by Crippen LogP contribution is -2.14. The fourth-order valence-corrected chi connectivity index (χ4v) is 4.92. The molecule has 0 aliphatic carbocycles. The van der Waals surface area contributed by atoms with Crippen LogP contribution in [-0.4, -0.2) is 19.3 Å². The summed E-state index contributed by atoms with van der Waals surface area (Å²) in [6.07, 6.45) is 0. The van der Waals surface area contributed by atoms with Crippen LogP contribution in [0.25, 0.3) is 11.3 Å². The molecule has 0 fully saturated rings. The molecule has 1 aromatic heterocycles. The second kappa shape index (κ2) is 9.13. The van der Waals surface area contributed by atoms with Crippen molar-refractivity contribution in [3.05, 3.63) is 94.6 Å². The molecule has 0 spiro atoms. The molecule has 0 atom stereocenters. The van der Waals surface area contributed by atoms with E-state index >= 15 is 0 Å². The molecule has 0 saturated heterocycles. The Kier molecular flexibility index (Phi) is 6.26. The maximum atomic E-state index is 13.0. The highest BCUT2D eigenvalue weighted by molar-refractivity contribution is 7.92. The standard InChI is InChI=1S/C24H20FN3O3S2/c1-15-3-4-16(2)21(13-15)22-14-32-24(26-22)27-23(29)17-5-9-19(10-6-17)28-33(30,31)20-11-7-18(25)8-12-20/h3-14,28H,1-2H3,(H,26,27,29). The number of nitrogens with zero attached hydrogens (tertiary/aromatic N) is 1. The van der Waals surface area contributed by atoms with Gasteiger partial charge in [-0.3, -0.25) is 14.8 Å². The van der Waals surface area contributed by atoms with Gasteiger partial charge in [0.05, 0.1) is 10.6 Å². The van der Waals surface area contributed by atoms with Gasteiger partial charge in [-0.05, 0) is 74.0 Å². The molecular formula is C24H20FN3O3S2. The van der Waals surface area contributed by atoms with E-state index in [-0.39, 0.29) is 16.5 Å². The van der Waals surface area contributed by atoms with Crippen molar-refractivity contribution in [1.29, 1.82) is 0 Å². The third-order valence-corrected chi connectivity index (χ3v) is 7.07. The summed E-state index contributed by atoms with van der Waals surface area (Å²) in [4.78, 5) is 17.1. The molecule has 1 amide bonds. The molecule has 0 unspecified atom stereocenters. The minimum Gasteiger partial charge on any atom is -0.298 e. The number of benzene rings is 3. The quantitative estimate of drug-likeness (QED) is 0.374. The molecule has 0 saturated carbocycles. The van der Waals surface area contributed by atoms with Gasteiger partial charge in [-0.25, -0.2) is 17.8 Å². The normalized spacial score (nSPS) is 11.2. The highest BCUT2D eigenvalue weighted by Gasteiger charge is 2.15. The van der Waals surface area contributed by atoms with Crippen LogP contribution in [0.15, 0.2) is 77.0 Å². The number of sulfonamides is 1. The number of hydrogen-bond donors (Lipinski definition) is 2. The van der Waals surface area contributed by atoms with Gasteiger partial charge in [0.2, 0.25) is 0 Å². The first kappa shape index (κ1) is 22.6. The first-order valence-electron chi connectivity index (χ1n) is 9.94. The summed E-state index contributed by atoms with van der Waals surface area (Å²) in [6, 6.07) is 16.6. The van der Waals surface area contributed by atoms with Crippen molar-refractivity contribution in [3.63, 3.8) is 0 Å². The number of halogens is 1. The topological polar surface area (TPSA) is 88.2 Å². The number of nitrogens with one attached hydrogen (secondary N) is 2. The van der Waals surface area contributed by atoms with E-state index < -0.39 is 15.8 Å². The monoisotopic (exact) mass is 481 g/mol. The summed E-state index contributed by atoms with van der Waals surface area (Å²) in [5, 5.41) is 5.14. The number of aromatic nitrogens is 1. The Labute approximate surface area is 195 Å². The second-order valence-corrected chi connectivity index (χ2v) is 9.99. The van der Waals surface area contributed by atoms with E-state index in [9.17, 15) is 17.6 Å². The van der Waals surface area contributed by atoms with Crippen LogP contribution in [-0.2, 0) is 10.0 Å². The molecule has 0 aliphatic heterocycles. The zero-order chi connectivity index (χ0) is 23.6. The molecule has 0 bridgehead atoms. The van der Waals surface area contributed by atoms with Crippen LogP contribution in [0.2, 0.25) is 0 Å². The van der Waals surface area contributed by atoms with Crippen molar-refractivity contribution >= 4 is 38.1 Å². The molecule has 6 nitrogen and oxygen atoms in total. The van der Waals surface area contributed by atoms with Crippen LogP contribution in [0, 0.1) is 19.7 Å². The lowest BCUT2D eigenvalue weighted by Gasteiger charge is -2.09. The molecule has 0 aliphatic rings. The Morgan fingerprint density at radius 2 is 1.67 bits per heavy atom. The highest BCUT2D eigenvalue weighted by atomic mass is 32.2. The van der Waals surface area contributed by atoms with Crippen molar-refractivity contribution in [2.24, 2.45) is 0 Å². The fourth-order valence-electron chi connectivity index (χ4n) is 3.15. The van der Waals surface area contributed by atoms with E-state index in [1.165, 1.54) is 47.7 Å². The number of carbonyl (C=O) groups is 1. The average molecular weight is 482 g/mol. The van der Waals surface area contributed by atoms with Crippen molar-refractivity contribution < 1.29 is 17.6 Å². The van der Waals surface area contributed by atoms with Crippen molar-refractivity contribution in [1.82, 2.24) is 4.98 Å². The van der Waals surface area contributed by atoms with Gasteiger partial charge in [-0.2, -0.15) is 0 Å².